The molecule has 1 N–H and O–H groups in total. The zero-order valence-electron chi connectivity index (χ0n) is 11.9. The van der Waals surface area contributed by atoms with Crippen molar-refractivity contribution in [3.05, 3.63) is 29.6 Å². The molecule has 2 rings (SSSR count). The highest BCUT2D eigenvalue weighted by molar-refractivity contribution is 7.89. The smallest absolute Gasteiger partial charge is 0.322 e. The minimum Gasteiger partial charge on any atom is -0.480 e. The lowest BCUT2D eigenvalue weighted by atomic mass is 9.93. The number of hydrogen-bond acceptors (Lipinski definition) is 3. The van der Waals surface area contributed by atoms with Crippen molar-refractivity contribution in [2.24, 2.45) is 5.92 Å². The number of halogens is 1. The fourth-order valence-corrected chi connectivity index (χ4v) is 4.84. The molecule has 0 aliphatic carbocycles. The maximum Gasteiger partial charge on any atom is 0.322 e. The molecule has 7 heteroatoms. The van der Waals surface area contributed by atoms with Gasteiger partial charge in [0.05, 0.1) is 0 Å². The first-order valence-corrected chi connectivity index (χ1v) is 8.20. The molecule has 1 aromatic carbocycles. The Kier molecular flexibility index (Phi) is 4.34. The molecule has 0 aromatic heterocycles. The van der Waals surface area contributed by atoms with E-state index in [1.54, 1.807) is 6.92 Å². The minimum atomic E-state index is -4.17. The first-order valence-electron chi connectivity index (χ1n) is 6.76. The molecule has 1 aromatic rings. The Hall–Kier alpha value is -1.47. The van der Waals surface area contributed by atoms with E-state index in [1.165, 1.54) is 19.1 Å². The summed E-state index contributed by atoms with van der Waals surface area (Å²) in [6.07, 6.45) is 1.21. The van der Waals surface area contributed by atoms with Gasteiger partial charge in [0.15, 0.2) is 0 Å². The molecule has 1 fully saturated rings. The highest BCUT2D eigenvalue weighted by Crippen LogP contribution is 2.31. The summed E-state index contributed by atoms with van der Waals surface area (Å²) in [6, 6.07) is 2.85. The summed E-state index contributed by atoms with van der Waals surface area (Å²) >= 11 is 0. The van der Waals surface area contributed by atoms with E-state index < -0.39 is 32.7 Å². The van der Waals surface area contributed by atoms with Crippen molar-refractivity contribution >= 4 is 16.0 Å². The van der Waals surface area contributed by atoms with Crippen LogP contribution in [0.1, 0.15) is 25.3 Å². The third-order valence-corrected chi connectivity index (χ3v) is 5.93. The van der Waals surface area contributed by atoms with Crippen molar-refractivity contribution in [3.63, 3.8) is 0 Å². The first kappa shape index (κ1) is 15.9. The molecule has 0 bridgehead atoms. The lowest BCUT2D eigenvalue weighted by Gasteiger charge is -2.36. The number of sulfonamides is 1. The highest BCUT2D eigenvalue weighted by Gasteiger charge is 2.42. The molecule has 1 heterocycles. The Morgan fingerprint density at radius 2 is 2.10 bits per heavy atom. The summed E-state index contributed by atoms with van der Waals surface area (Å²) in [7, 11) is -4.17. The van der Waals surface area contributed by atoms with Crippen molar-refractivity contribution in [1.29, 1.82) is 0 Å². The van der Waals surface area contributed by atoms with Crippen molar-refractivity contribution in [2.75, 3.05) is 6.54 Å². The number of carbonyl (C=O) groups is 1. The molecule has 5 nitrogen and oxygen atoms in total. The average molecular weight is 315 g/mol. The van der Waals surface area contributed by atoms with Gasteiger partial charge in [0.2, 0.25) is 10.0 Å². The predicted octanol–water partition coefficient (Wildman–Crippen LogP) is 2.01. The van der Waals surface area contributed by atoms with Crippen LogP contribution in [0, 0.1) is 18.7 Å². The van der Waals surface area contributed by atoms with Crippen LogP contribution in [0.3, 0.4) is 0 Å². The van der Waals surface area contributed by atoms with Crippen molar-refractivity contribution in [2.45, 2.75) is 37.6 Å². The Balaban J connectivity index is 2.54. The fraction of sp³-hybridized carbons (Fsp3) is 0.500. The van der Waals surface area contributed by atoms with Gasteiger partial charge in [-0.25, -0.2) is 12.8 Å². The van der Waals surface area contributed by atoms with Crippen LogP contribution in [-0.4, -0.2) is 36.4 Å². The standard InChI is InChI=1S/C14H18FNO4S/c1-9-6-4-8-16(12(9)14(17)18)21(19,20)13-10(2)5-3-7-11(13)15/h3,5,7,9,12H,4,6,8H2,1-2H3,(H,17,18). The Morgan fingerprint density at radius 1 is 1.43 bits per heavy atom. The lowest BCUT2D eigenvalue weighted by Crippen LogP contribution is -2.52. The van der Waals surface area contributed by atoms with E-state index in [-0.39, 0.29) is 18.0 Å². The Labute approximate surface area is 123 Å². The number of rotatable bonds is 3. The van der Waals surface area contributed by atoms with Gasteiger partial charge in [-0.3, -0.25) is 4.79 Å². The van der Waals surface area contributed by atoms with Gasteiger partial charge in [-0.1, -0.05) is 19.1 Å². The van der Waals surface area contributed by atoms with E-state index in [1.807, 2.05) is 0 Å². The Morgan fingerprint density at radius 3 is 2.67 bits per heavy atom. The third kappa shape index (κ3) is 2.80. The molecule has 0 saturated carbocycles. The number of nitrogens with zero attached hydrogens (tertiary/aromatic N) is 1. The van der Waals surface area contributed by atoms with Gasteiger partial charge in [0.1, 0.15) is 16.8 Å². The van der Waals surface area contributed by atoms with Gasteiger partial charge in [-0.05, 0) is 37.3 Å². The number of benzene rings is 1. The van der Waals surface area contributed by atoms with Crippen molar-refractivity contribution in [1.82, 2.24) is 4.31 Å². The summed E-state index contributed by atoms with van der Waals surface area (Å²) in [4.78, 5) is 11.0. The average Bonchev–Trinajstić information content (AvgIpc) is 2.37. The fourth-order valence-electron chi connectivity index (χ4n) is 2.85. The topological polar surface area (TPSA) is 74.7 Å². The van der Waals surface area contributed by atoms with Gasteiger partial charge in [0.25, 0.3) is 0 Å². The summed E-state index contributed by atoms with van der Waals surface area (Å²) in [6.45, 7) is 3.30. The number of piperidine rings is 1. The first-order chi connectivity index (χ1) is 9.76. The van der Waals surface area contributed by atoms with Crippen LogP contribution in [-0.2, 0) is 14.8 Å². The molecule has 0 radical (unpaired) electrons. The molecular weight excluding hydrogens is 297 g/mol. The van der Waals surface area contributed by atoms with E-state index in [0.717, 1.165) is 10.4 Å². The van der Waals surface area contributed by atoms with Gasteiger partial charge in [0, 0.05) is 6.54 Å². The summed E-state index contributed by atoms with van der Waals surface area (Å²) in [5.74, 6) is -2.35. The van der Waals surface area contributed by atoms with E-state index in [0.29, 0.717) is 12.8 Å². The molecule has 21 heavy (non-hydrogen) atoms. The van der Waals surface area contributed by atoms with Crippen LogP contribution in [0.5, 0.6) is 0 Å². The normalized spacial score (nSPS) is 24.0. The zero-order chi connectivity index (χ0) is 15.8. The van der Waals surface area contributed by atoms with E-state index in [9.17, 15) is 22.7 Å². The molecule has 116 valence electrons. The molecule has 2 unspecified atom stereocenters. The van der Waals surface area contributed by atoms with Crippen LogP contribution in [0.2, 0.25) is 0 Å². The van der Waals surface area contributed by atoms with Gasteiger partial charge in [-0.2, -0.15) is 4.31 Å². The number of aryl methyl sites for hydroxylation is 1. The number of carboxylic acids is 1. The molecule has 2 atom stereocenters. The second-order valence-electron chi connectivity index (χ2n) is 5.40. The predicted molar refractivity (Wildman–Crippen MR) is 74.9 cm³/mol. The van der Waals surface area contributed by atoms with E-state index in [2.05, 4.69) is 0 Å². The third-order valence-electron chi connectivity index (χ3n) is 3.87. The molecule has 1 aliphatic heterocycles. The van der Waals surface area contributed by atoms with Crippen molar-refractivity contribution in [3.8, 4) is 0 Å². The van der Waals surface area contributed by atoms with Gasteiger partial charge < -0.3 is 5.11 Å². The molecule has 0 amide bonds. The lowest BCUT2D eigenvalue weighted by molar-refractivity contribution is -0.144. The maximum atomic E-state index is 14.0. The number of aliphatic carboxylic acids is 1. The van der Waals surface area contributed by atoms with Gasteiger partial charge in [-0.15, -0.1) is 0 Å². The quantitative estimate of drug-likeness (QED) is 0.926. The second-order valence-corrected chi connectivity index (χ2v) is 7.23. The summed E-state index contributed by atoms with van der Waals surface area (Å²) in [5.41, 5.74) is 0.275. The van der Waals surface area contributed by atoms with E-state index >= 15 is 0 Å². The van der Waals surface area contributed by atoms with Crippen LogP contribution in [0.4, 0.5) is 4.39 Å². The Bertz CT molecular complexity index is 639. The molecular formula is C14H18FNO4S. The van der Waals surface area contributed by atoms with Crippen LogP contribution < -0.4 is 0 Å². The largest absolute Gasteiger partial charge is 0.480 e. The summed E-state index contributed by atoms with van der Waals surface area (Å²) < 4.78 is 40.3. The maximum absolute atomic E-state index is 14.0. The number of hydrogen-bond donors (Lipinski definition) is 1. The SMILES string of the molecule is Cc1cccc(F)c1S(=O)(=O)N1CCCC(C)C1C(=O)O. The summed E-state index contributed by atoms with van der Waals surface area (Å²) in [5, 5.41) is 9.33. The minimum absolute atomic E-state index is 0.0947. The van der Waals surface area contributed by atoms with Crippen LogP contribution in [0.15, 0.2) is 23.1 Å². The molecule has 1 saturated heterocycles. The second kappa shape index (κ2) is 5.73. The van der Waals surface area contributed by atoms with Crippen molar-refractivity contribution < 1.29 is 22.7 Å². The van der Waals surface area contributed by atoms with Crippen LogP contribution >= 0.6 is 0 Å². The van der Waals surface area contributed by atoms with Gasteiger partial charge >= 0.3 is 5.97 Å². The van der Waals surface area contributed by atoms with E-state index in [4.69, 9.17) is 0 Å². The highest BCUT2D eigenvalue weighted by atomic mass is 32.2. The van der Waals surface area contributed by atoms with Crippen LogP contribution in [0.25, 0.3) is 0 Å². The molecule has 0 spiro atoms. The molecule has 1 aliphatic rings. The monoisotopic (exact) mass is 315 g/mol. The zero-order valence-corrected chi connectivity index (χ0v) is 12.7. The number of carboxylic acid groups (broad SMARTS) is 1.